The molecule has 0 fully saturated rings. The number of rotatable bonds is 0. The van der Waals surface area contributed by atoms with Crippen molar-refractivity contribution in [3.05, 3.63) is 0 Å². The Labute approximate surface area is 76.2 Å². The molecule has 0 saturated carbocycles. The van der Waals surface area contributed by atoms with Gasteiger partial charge in [0.15, 0.2) is 15.6 Å². The van der Waals surface area contributed by atoms with Crippen LogP contribution in [-0.4, -0.2) is 65.6 Å². The first-order chi connectivity index (χ1) is 2.73. The predicted molar refractivity (Wildman–Crippen MR) is 44.3 cm³/mol. The van der Waals surface area contributed by atoms with Crippen LogP contribution in [0.4, 0.5) is 0 Å². The topological polar surface area (TPSA) is 0 Å². The molecule has 0 atom stereocenters. The Balaban J connectivity index is -0.0000000480. The van der Waals surface area contributed by atoms with Crippen LogP contribution < -0.4 is 0 Å². The molecule has 0 aliphatic carbocycles. The van der Waals surface area contributed by atoms with Crippen molar-refractivity contribution in [2.75, 3.05) is 0 Å². The molecule has 0 unspecified atom stereocenters. The zero-order valence-corrected chi connectivity index (χ0v) is 9.19. The molecule has 0 heterocycles. The third kappa shape index (κ3) is 64.2. The SMILES string of the molecule is [AlH2][SiH3].[B]#[Fe](#[B])#[B].[MgH2]. The Morgan fingerprint density at radius 3 is 1.14 bits per heavy atom. The standard InChI is InChI=1S/Al.3B.Fe.Mg.H3Si.4H/h;;;;;;1H3;;;;. The quantitative estimate of drug-likeness (QED) is 0.327. The average molecular weight is 175 g/mol. The summed E-state index contributed by atoms with van der Waals surface area (Å²) in [6.07, 6.45) is 0. The van der Waals surface area contributed by atoms with E-state index in [-0.39, 0.29) is 23.1 Å². The van der Waals surface area contributed by atoms with Gasteiger partial charge in [0, 0.05) is 0 Å². The molecule has 7 heteroatoms. The summed E-state index contributed by atoms with van der Waals surface area (Å²) in [5.41, 5.74) is 0. The van der Waals surface area contributed by atoms with E-state index in [4.69, 9.17) is 18.1 Å². The summed E-state index contributed by atoms with van der Waals surface area (Å²) in [6.45, 7) is 0. The van der Waals surface area contributed by atoms with Gasteiger partial charge in [-0.2, -0.15) is 0 Å². The van der Waals surface area contributed by atoms with Gasteiger partial charge in [0.25, 0.3) is 0 Å². The van der Waals surface area contributed by atoms with Crippen molar-refractivity contribution < 1.29 is 11.4 Å². The fraction of sp³-hybridized carbons (Fsp3) is 0. The Hall–Kier alpha value is 2.23. The van der Waals surface area contributed by atoms with Crippen molar-refractivity contribution in [2.45, 2.75) is 0 Å². The zero-order chi connectivity index (χ0) is 5.58. The number of hydrogen-bond acceptors (Lipinski definition) is 0. The molecule has 0 aromatic carbocycles. The second kappa shape index (κ2) is 15.7. The van der Waals surface area contributed by atoms with Crippen LogP contribution in [0.15, 0.2) is 0 Å². The van der Waals surface area contributed by atoms with Crippen LogP contribution in [0.1, 0.15) is 0 Å². The van der Waals surface area contributed by atoms with Gasteiger partial charge in [-0.25, -0.2) is 0 Å². The van der Waals surface area contributed by atoms with Gasteiger partial charge in [-0.05, 0) is 0 Å². The second-order valence-corrected chi connectivity index (χ2v) is 1.46. The summed E-state index contributed by atoms with van der Waals surface area (Å²) in [6, 6.07) is 14.2. The van der Waals surface area contributed by atoms with Crippen molar-refractivity contribution in [3.63, 3.8) is 0 Å². The van der Waals surface area contributed by atoms with Crippen LogP contribution in [0, 0.1) is 0 Å². The third-order valence-electron chi connectivity index (χ3n) is 0. The van der Waals surface area contributed by atoms with E-state index in [9.17, 15) is 0 Å². The monoisotopic (exact) mass is 175 g/mol. The van der Waals surface area contributed by atoms with Gasteiger partial charge in [0.05, 0.1) is 0 Å². The van der Waals surface area contributed by atoms with E-state index in [2.05, 4.69) is 0 Å². The third-order valence-corrected chi connectivity index (χ3v) is 0. The van der Waals surface area contributed by atoms with Gasteiger partial charge in [-0.3, -0.25) is 0 Å². The summed E-state index contributed by atoms with van der Waals surface area (Å²) in [5, 5.41) is 0. The molecule has 0 nitrogen and oxygen atoms in total. The normalized spacial score (nSPS) is 5.43. The molecule has 0 aliphatic heterocycles. The van der Waals surface area contributed by atoms with E-state index in [1.165, 1.54) is 24.4 Å². The first-order valence-corrected chi connectivity index (χ1v) is 11.5. The molecular weight excluding hydrogens is 168 g/mol. The van der Waals surface area contributed by atoms with Gasteiger partial charge in [0.2, 0.25) is 0 Å². The first kappa shape index (κ1) is 16.1. The maximum absolute atomic E-state index is 4.75. The summed E-state index contributed by atoms with van der Waals surface area (Å²) in [5.74, 6) is 0. The summed E-state index contributed by atoms with van der Waals surface area (Å²) in [7, 11) is 1.44. The molecule has 0 N–H and O–H groups in total. The van der Waals surface area contributed by atoms with E-state index >= 15 is 0 Å². The molecule has 0 aliphatic rings. The molecule has 0 aromatic rings. The summed E-state index contributed by atoms with van der Waals surface area (Å²) in [4.78, 5) is 0. The molecule has 0 saturated heterocycles. The summed E-state index contributed by atoms with van der Waals surface area (Å²) >= 11 is 0.194. The van der Waals surface area contributed by atoms with Crippen LogP contribution in [0.2, 0.25) is 0 Å². The fourth-order valence-electron chi connectivity index (χ4n) is 0. The van der Waals surface area contributed by atoms with E-state index < -0.39 is 11.4 Å². The van der Waals surface area contributed by atoms with E-state index in [0.29, 0.717) is 0 Å². The molecule has 33 valence electrons. The number of hydrogen-bond donors (Lipinski definition) is 0. The Morgan fingerprint density at radius 1 is 1.14 bits per heavy atom. The van der Waals surface area contributed by atoms with Gasteiger partial charge >= 0.3 is 52.6 Å². The molecule has 0 amide bonds. The molecule has 0 radical (unpaired) electrons. The van der Waals surface area contributed by atoms with E-state index in [0.717, 1.165) is 0 Å². The van der Waals surface area contributed by atoms with Crippen molar-refractivity contribution in [1.82, 2.24) is 0 Å². The molecule has 0 rings (SSSR count). The minimum atomic E-state index is -1.25. The minimum Gasteiger partial charge on any atom is 0.316 e. The van der Waals surface area contributed by atoms with Gasteiger partial charge in [-0.15, -0.1) is 0 Å². The van der Waals surface area contributed by atoms with Crippen molar-refractivity contribution >= 4 is 65.6 Å². The first-order valence-electron chi connectivity index (χ1n) is 1.61. The van der Waals surface area contributed by atoms with Crippen molar-refractivity contribution in [2.24, 2.45) is 0 Å². The predicted octanol–water partition coefficient (Wildman–Crippen LogP) is -4.16. The van der Waals surface area contributed by atoms with Crippen molar-refractivity contribution in [1.29, 1.82) is 0 Å². The Bertz CT molecular complexity index is 230. The molecular formula is H7AlB3FeMgSi. The Kier molecular flexibility index (Phi) is 36.2. The van der Waals surface area contributed by atoms with Gasteiger partial charge in [-0.1, -0.05) is 8.80 Å². The smallest absolute Gasteiger partial charge is 0.316 e. The Morgan fingerprint density at radius 2 is 1.14 bits per heavy atom. The van der Waals surface area contributed by atoms with Crippen molar-refractivity contribution in [3.8, 4) is 0 Å². The van der Waals surface area contributed by atoms with Crippen LogP contribution in [0.5, 0.6) is 0 Å². The average Bonchev–Trinajstić information content (AvgIpc) is 1.41. The second-order valence-electron chi connectivity index (χ2n) is 0.354. The molecule has 0 bridgehead atoms. The molecule has 0 aromatic heterocycles. The minimum absolute atomic E-state index is 0. The van der Waals surface area contributed by atoms with E-state index in [1.807, 2.05) is 0 Å². The maximum atomic E-state index is 4.75. The summed E-state index contributed by atoms with van der Waals surface area (Å²) < 4.78 is 0. The van der Waals surface area contributed by atoms with Crippen LogP contribution in [-0.2, 0) is 11.4 Å². The van der Waals surface area contributed by atoms with Crippen LogP contribution in [0.3, 0.4) is 0 Å². The molecule has 0 spiro atoms. The van der Waals surface area contributed by atoms with Gasteiger partial charge in [0.1, 0.15) is 0 Å². The van der Waals surface area contributed by atoms with Crippen LogP contribution in [0.25, 0.3) is 0 Å². The zero-order valence-electron chi connectivity index (χ0n) is 4.09. The largest absolute Gasteiger partial charge is 0.316 e. The van der Waals surface area contributed by atoms with Crippen LogP contribution >= 0.6 is 0 Å². The maximum Gasteiger partial charge on any atom is 0.316 e. The van der Waals surface area contributed by atoms with E-state index in [1.54, 1.807) is 0 Å². The molecule has 7 heavy (non-hydrogen) atoms. The fourth-order valence-corrected chi connectivity index (χ4v) is 0. The van der Waals surface area contributed by atoms with Gasteiger partial charge < -0.3 is 0 Å².